The van der Waals surface area contributed by atoms with E-state index < -0.39 is 23.3 Å². The molecule has 0 aliphatic carbocycles. The quantitative estimate of drug-likeness (QED) is 0.684. The van der Waals surface area contributed by atoms with E-state index in [9.17, 15) is 22.4 Å². The van der Waals surface area contributed by atoms with Crippen molar-refractivity contribution in [1.82, 2.24) is 15.4 Å². The van der Waals surface area contributed by atoms with E-state index in [1.807, 2.05) is 0 Å². The number of hydrazine groups is 1. The molecule has 1 rings (SSSR count). The molecule has 0 unspecified atom stereocenters. The fourth-order valence-electron chi connectivity index (χ4n) is 1.37. The molecule has 0 aliphatic heterocycles. The number of hydrogen-bond acceptors (Lipinski definition) is 3. The minimum absolute atomic E-state index is 0.0104. The van der Waals surface area contributed by atoms with Gasteiger partial charge in [-0.2, -0.15) is 13.2 Å². The van der Waals surface area contributed by atoms with Gasteiger partial charge >= 0.3 is 6.18 Å². The van der Waals surface area contributed by atoms with Crippen molar-refractivity contribution in [3.63, 3.8) is 0 Å². The molecule has 0 aliphatic rings. The number of rotatable bonds is 4. The Morgan fingerprint density at radius 1 is 1.30 bits per heavy atom. The highest BCUT2D eigenvalue weighted by molar-refractivity contribution is 5.83. The van der Waals surface area contributed by atoms with Crippen LogP contribution in [0.4, 0.5) is 17.6 Å². The van der Waals surface area contributed by atoms with E-state index in [1.165, 1.54) is 13.1 Å². The first-order chi connectivity index (χ1) is 9.01. The number of nitrogens with zero attached hydrogens (tertiary/aromatic N) is 2. The summed E-state index contributed by atoms with van der Waals surface area (Å²) < 4.78 is 50.3. The number of carbonyl (C=O) groups excluding carboxylic acids is 1. The van der Waals surface area contributed by atoms with Crippen LogP contribution in [0.25, 0.3) is 0 Å². The second-order valence-electron chi connectivity index (χ2n) is 4.71. The molecule has 1 heterocycles. The topological polar surface area (TPSA) is 45.2 Å². The van der Waals surface area contributed by atoms with Gasteiger partial charge in [0.2, 0.25) is 0 Å². The predicted molar refractivity (Wildman–Crippen MR) is 64.0 cm³/mol. The molecule has 112 valence electrons. The van der Waals surface area contributed by atoms with E-state index >= 15 is 0 Å². The largest absolute Gasteiger partial charge is 0.417 e. The van der Waals surface area contributed by atoms with Gasteiger partial charge in [0.1, 0.15) is 0 Å². The molecule has 0 radical (unpaired) electrons. The van der Waals surface area contributed by atoms with Gasteiger partial charge in [-0.05, 0) is 26.0 Å². The van der Waals surface area contributed by atoms with E-state index in [2.05, 4.69) is 10.4 Å². The molecular formula is C12H15F4N3O. The van der Waals surface area contributed by atoms with Crippen molar-refractivity contribution >= 4 is 5.91 Å². The molecule has 0 fully saturated rings. The maximum atomic E-state index is 13.4. The van der Waals surface area contributed by atoms with Crippen molar-refractivity contribution in [2.45, 2.75) is 32.2 Å². The summed E-state index contributed by atoms with van der Waals surface area (Å²) in [6.45, 7) is 2.24. The third kappa shape index (κ3) is 4.44. The van der Waals surface area contributed by atoms with Gasteiger partial charge in [0.25, 0.3) is 5.91 Å². The summed E-state index contributed by atoms with van der Waals surface area (Å²) in [5.74, 6) is -0.788. The van der Waals surface area contributed by atoms with E-state index in [4.69, 9.17) is 0 Å². The average molecular weight is 293 g/mol. The Morgan fingerprint density at radius 2 is 1.90 bits per heavy atom. The number of pyridine rings is 1. The monoisotopic (exact) mass is 293 g/mol. The number of nitrogens with one attached hydrogen (secondary N) is 1. The molecule has 4 nitrogen and oxygen atoms in total. The molecule has 8 heteroatoms. The Bertz CT molecular complexity index is 465. The van der Waals surface area contributed by atoms with Crippen LogP contribution in [0.5, 0.6) is 0 Å². The highest BCUT2D eigenvalue weighted by Crippen LogP contribution is 2.28. The SMILES string of the molecule is CN(NCc1ccc(C(F)(F)F)cn1)C(=O)C(C)(C)F. The number of aromatic nitrogens is 1. The molecular weight excluding hydrogens is 278 g/mol. The minimum Gasteiger partial charge on any atom is -0.278 e. The summed E-state index contributed by atoms with van der Waals surface area (Å²) in [6, 6.07) is 2.08. The van der Waals surface area contributed by atoms with Crippen LogP contribution in [0, 0.1) is 0 Å². The third-order valence-electron chi connectivity index (χ3n) is 2.46. The average Bonchev–Trinajstić information content (AvgIpc) is 2.33. The Labute approximate surface area is 113 Å². The minimum atomic E-state index is -4.44. The summed E-state index contributed by atoms with van der Waals surface area (Å²) in [5.41, 5.74) is -0.0200. The molecule has 20 heavy (non-hydrogen) atoms. The van der Waals surface area contributed by atoms with Crippen LogP contribution >= 0.6 is 0 Å². The Kier molecular flexibility index (Phi) is 4.69. The van der Waals surface area contributed by atoms with Gasteiger partial charge in [-0.1, -0.05) is 0 Å². The number of carbonyl (C=O) groups is 1. The summed E-state index contributed by atoms with van der Waals surface area (Å²) in [7, 11) is 1.33. The summed E-state index contributed by atoms with van der Waals surface area (Å²) in [4.78, 5) is 15.1. The zero-order chi connectivity index (χ0) is 15.6. The number of amides is 1. The van der Waals surface area contributed by atoms with Gasteiger partial charge in [-0.25, -0.2) is 9.82 Å². The van der Waals surface area contributed by atoms with Crippen LogP contribution in [0.1, 0.15) is 25.1 Å². The molecule has 0 spiro atoms. The lowest BCUT2D eigenvalue weighted by Crippen LogP contribution is -2.47. The standard InChI is InChI=1S/C12H15F4N3O/c1-11(2,13)10(20)19(3)18-7-9-5-4-8(6-17-9)12(14,15)16/h4-6,18H,7H2,1-3H3. The van der Waals surface area contributed by atoms with Crippen LogP contribution in [-0.4, -0.2) is 28.6 Å². The lowest BCUT2D eigenvalue weighted by atomic mass is 10.1. The first-order valence-corrected chi connectivity index (χ1v) is 5.74. The lowest BCUT2D eigenvalue weighted by molar-refractivity contribution is -0.143. The van der Waals surface area contributed by atoms with Crippen molar-refractivity contribution in [3.8, 4) is 0 Å². The van der Waals surface area contributed by atoms with Crippen LogP contribution < -0.4 is 5.43 Å². The van der Waals surface area contributed by atoms with Crippen LogP contribution in [0.3, 0.4) is 0 Å². The highest BCUT2D eigenvalue weighted by Gasteiger charge is 2.31. The van der Waals surface area contributed by atoms with Crippen LogP contribution in [-0.2, 0) is 17.5 Å². The molecule has 1 aromatic rings. The molecule has 0 aromatic carbocycles. The normalized spacial score (nSPS) is 12.3. The van der Waals surface area contributed by atoms with E-state index in [1.54, 1.807) is 0 Å². The van der Waals surface area contributed by atoms with E-state index in [0.717, 1.165) is 24.9 Å². The molecule has 1 aromatic heterocycles. The Morgan fingerprint density at radius 3 is 2.30 bits per heavy atom. The summed E-state index contributed by atoms with van der Waals surface area (Å²) in [6.07, 6.45) is -3.73. The molecule has 0 atom stereocenters. The lowest BCUT2D eigenvalue weighted by Gasteiger charge is -2.23. The zero-order valence-electron chi connectivity index (χ0n) is 11.3. The smallest absolute Gasteiger partial charge is 0.278 e. The summed E-state index contributed by atoms with van der Waals surface area (Å²) >= 11 is 0. The Balaban J connectivity index is 2.61. The summed E-state index contributed by atoms with van der Waals surface area (Å²) in [5, 5.41) is 0.944. The predicted octanol–water partition coefficient (Wildman–Crippen LogP) is 2.31. The maximum Gasteiger partial charge on any atom is 0.417 e. The highest BCUT2D eigenvalue weighted by atomic mass is 19.4. The van der Waals surface area contributed by atoms with Gasteiger partial charge in [-0.3, -0.25) is 14.8 Å². The van der Waals surface area contributed by atoms with Crippen molar-refractivity contribution in [3.05, 3.63) is 29.6 Å². The zero-order valence-corrected chi connectivity index (χ0v) is 11.3. The van der Waals surface area contributed by atoms with Gasteiger partial charge in [0, 0.05) is 13.2 Å². The van der Waals surface area contributed by atoms with Crippen molar-refractivity contribution in [1.29, 1.82) is 0 Å². The molecule has 0 bridgehead atoms. The fourth-order valence-corrected chi connectivity index (χ4v) is 1.37. The molecule has 1 amide bonds. The third-order valence-corrected chi connectivity index (χ3v) is 2.46. The van der Waals surface area contributed by atoms with Crippen molar-refractivity contribution in [2.75, 3.05) is 7.05 Å². The van der Waals surface area contributed by atoms with Crippen molar-refractivity contribution in [2.24, 2.45) is 0 Å². The van der Waals surface area contributed by atoms with Crippen LogP contribution in [0.15, 0.2) is 18.3 Å². The second kappa shape index (κ2) is 5.74. The van der Waals surface area contributed by atoms with Gasteiger partial charge < -0.3 is 0 Å². The number of alkyl halides is 4. The number of halogens is 4. The molecule has 0 saturated heterocycles. The maximum absolute atomic E-state index is 13.4. The molecule has 1 N–H and O–H groups in total. The Hall–Kier alpha value is -1.70. The van der Waals surface area contributed by atoms with Gasteiger partial charge in [0.15, 0.2) is 5.67 Å². The van der Waals surface area contributed by atoms with Crippen molar-refractivity contribution < 1.29 is 22.4 Å². The number of hydrogen-bond donors (Lipinski definition) is 1. The van der Waals surface area contributed by atoms with Gasteiger partial charge in [0.05, 0.1) is 17.8 Å². The first-order valence-electron chi connectivity index (χ1n) is 5.74. The van der Waals surface area contributed by atoms with Gasteiger partial charge in [-0.15, -0.1) is 0 Å². The fraction of sp³-hybridized carbons (Fsp3) is 0.500. The first kappa shape index (κ1) is 16.4. The van der Waals surface area contributed by atoms with E-state index in [0.29, 0.717) is 11.9 Å². The molecule has 0 saturated carbocycles. The van der Waals surface area contributed by atoms with E-state index in [-0.39, 0.29) is 6.54 Å². The second-order valence-corrected chi connectivity index (χ2v) is 4.71. The van der Waals surface area contributed by atoms with Crippen LogP contribution in [0.2, 0.25) is 0 Å².